The van der Waals surface area contributed by atoms with Gasteiger partial charge in [-0.05, 0) is 47.5 Å². The molecule has 0 amide bonds. The lowest BCUT2D eigenvalue weighted by Crippen LogP contribution is -2.02. The van der Waals surface area contributed by atoms with Crippen LogP contribution in [-0.2, 0) is 58.2 Å². The van der Waals surface area contributed by atoms with Crippen LogP contribution in [0.4, 0.5) is 0 Å². The zero-order chi connectivity index (χ0) is 26.9. The maximum absolute atomic E-state index is 11.3. The quantitative estimate of drug-likeness (QED) is 0.306. The number of phenolic OH excluding ortho intramolecular Hbond substituents is 3. The van der Waals surface area contributed by atoms with E-state index in [0.29, 0.717) is 52.0 Å². The second-order valence-corrected chi connectivity index (χ2v) is 8.91. The fourth-order valence-corrected chi connectivity index (χ4v) is 4.49. The third-order valence-electron chi connectivity index (χ3n) is 6.12. The first kappa shape index (κ1) is 28.3. The van der Waals surface area contributed by atoms with Crippen molar-refractivity contribution in [2.75, 3.05) is 35.5 Å². The molecule has 200 valence electrons. The van der Waals surface area contributed by atoms with E-state index in [1.165, 1.54) is 0 Å². The van der Waals surface area contributed by atoms with Gasteiger partial charge in [0.05, 0.1) is 33.5 Å². The summed E-state index contributed by atoms with van der Waals surface area (Å²) in [4.78, 5) is 0. The average Bonchev–Trinajstić information content (AvgIpc) is 2.87. The van der Waals surface area contributed by atoms with Crippen LogP contribution in [-0.4, -0.2) is 50.9 Å². The standard InChI is InChI=1S/C29H36O8/c1-33-14-22-8-18(9-23(15-34-2)28(22)31)6-20-12-26(37-5)13-21(27(20)30)7-19-10-24(16-35-3)29(32)25(11-19)17-36-4/h8-13,30-32H,6-7,14-17H2,1-5H3. The van der Waals surface area contributed by atoms with Crippen LogP contribution in [0.15, 0.2) is 36.4 Å². The van der Waals surface area contributed by atoms with E-state index in [-0.39, 0.29) is 43.7 Å². The highest BCUT2D eigenvalue weighted by Gasteiger charge is 2.17. The highest BCUT2D eigenvalue weighted by atomic mass is 16.5. The molecule has 0 radical (unpaired) electrons. The fraction of sp³-hybridized carbons (Fsp3) is 0.379. The van der Waals surface area contributed by atoms with E-state index in [1.807, 2.05) is 24.3 Å². The molecule has 0 aliphatic carbocycles. The first-order valence-corrected chi connectivity index (χ1v) is 11.9. The van der Waals surface area contributed by atoms with Crippen LogP contribution in [0, 0.1) is 0 Å². The van der Waals surface area contributed by atoms with Gasteiger partial charge in [0.15, 0.2) is 0 Å². The van der Waals surface area contributed by atoms with Gasteiger partial charge in [0.25, 0.3) is 0 Å². The van der Waals surface area contributed by atoms with Crippen molar-refractivity contribution in [3.8, 4) is 23.0 Å². The van der Waals surface area contributed by atoms with Crippen LogP contribution in [0.5, 0.6) is 23.0 Å². The number of methoxy groups -OCH3 is 5. The monoisotopic (exact) mass is 512 g/mol. The number of ether oxygens (including phenoxy) is 5. The summed E-state index contributed by atoms with van der Waals surface area (Å²) in [7, 11) is 7.87. The number of aromatic hydroxyl groups is 3. The molecule has 0 heterocycles. The van der Waals surface area contributed by atoms with Gasteiger partial charge in [-0.15, -0.1) is 0 Å². The van der Waals surface area contributed by atoms with Crippen LogP contribution in [0.3, 0.4) is 0 Å². The SMILES string of the molecule is COCc1cc(Cc2cc(OC)cc(Cc3cc(COC)c(O)c(COC)c3)c2O)cc(COC)c1O. The first-order valence-electron chi connectivity index (χ1n) is 11.9. The van der Waals surface area contributed by atoms with Crippen LogP contribution in [0.25, 0.3) is 0 Å². The minimum atomic E-state index is 0.147. The van der Waals surface area contributed by atoms with E-state index in [1.54, 1.807) is 47.7 Å². The van der Waals surface area contributed by atoms with Crippen LogP contribution >= 0.6 is 0 Å². The van der Waals surface area contributed by atoms with Gasteiger partial charge in [-0.3, -0.25) is 0 Å². The van der Waals surface area contributed by atoms with Crippen molar-refractivity contribution in [3.05, 3.63) is 80.9 Å². The van der Waals surface area contributed by atoms with E-state index in [2.05, 4.69) is 0 Å². The predicted octanol–water partition coefficient (Wildman–Crippen LogP) is 4.58. The molecule has 3 rings (SSSR count). The van der Waals surface area contributed by atoms with Gasteiger partial charge in [-0.2, -0.15) is 0 Å². The van der Waals surface area contributed by atoms with Gasteiger partial charge in [0.2, 0.25) is 0 Å². The molecule has 37 heavy (non-hydrogen) atoms. The molecule has 0 atom stereocenters. The van der Waals surface area contributed by atoms with Crippen LogP contribution < -0.4 is 4.74 Å². The van der Waals surface area contributed by atoms with Crippen LogP contribution in [0.1, 0.15) is 44.5 Å². The Bertz CT molecular complexity index is 1060. The fourth-order valence-electron chi connectivity index (χ4n) is 4.49. The highest BCUT2D eigenvalue weighted by Crippen LogP contribution is 2.35. The first-order chi connectivity index (χ1) is 17.8. The smallest absolute Gasteiger partial charge is 0.126 e. The van der Waals surface area contributed by atoms with E-state index in [4.69, 9.17) is 23.7 Å². The Morgan fingerprint density at radius 1 is 0.459 bits per heavy atom. The zero-order valence-electron chi connectivity index (χ0n) is 22.1. The molecule has 3 N–H and O–H groups in total. The Morgan fingerprint density at radius 3 is 1.03 bits per heavy atom. The van der Waals surface area contributed by atoms with E-state index >= 15 is 0 Å². The molecule has 0 aliphatic rings. The van der Waals surface area contributed by atoms with Gasteiger partial charge >= 0.3 is 0 Å². The third-order valence-corrected chi connectivity index (χ3v) is 6.12. The molecule has 0 unspecified atom stereocenters. The van der Waals surface area contributed by atoms with Crippen molar-refractivity contribution in [3.63, 3.8) is 0 Å². The van der Waals surface area contributed by atoms with Crippen molar-refractivity contribution in [2.45, 2.75) is 39.3 Å². The van der Waals surface area contributed by atoms with Crippen molar-refractivity contribution in [2.24, 2.45) is 0 Å². The number of hydrogen-bond acceptors (Lipinski definition) is 8. The van der Waals surface area contributed by atoms with E-state index < -0.39 is 0 Å². The maximum atomic E-state index is 11.3. The summed E-state index contributed by atoms with van der Waals surface area (Å²) in [6.45, 7) is 1.00. The molecule has 3 aromatic carbocycles. The van der Waals surface area contributed by atoms with Crippen molar-refractivity contribution < 1.29 is 39.0 Å². The second kappa shape index (κ2) is 13.3. The third kappa shape index (κ3) is 6.93. The summed E-state index contributed by atoms with van der Waals surface area (Å²) in [6.07, 6.45) is 0.812. The maximum Gasteiger partial charge on any atom is 0.126 e. The lowest BCUT2D eigenvalue weighted by Gasteiger charge is -2.17. The zero-order valence-corrected chi connectivity index (χ0v) is 22.1. The normalized spacial score (nSPS) is 11.2. The van der Waals surface area contributed by atoms with Crippen molar-refractivity contribution in [1.29, 1.82) is 0 Å². The van der Waals surface area contributed by atoms with Crippen molar-refractivity contribution in [1.82, 2.24) is 0 Å². The van der Waals surface area contributed by atoms with Gasteiger partial charge in [0.1, 0.15) is 23.0 Å². The summed E-state index contributed by atoms with van der Waals surface area (Å²) < 4.78 is 26.5. The molecule has 0 fully saturated rings. The number of hydrogen-bond donors (Lipinski definition) is 3. The number of phenols is 3. The topological polar surface area (TPSA) is 107 Å². The molecule has 8 nitrogen and oxygen atoms in total. The van der Waals surface area contributed by atoms with Gasteiger partial charge in [-0.25, -0.2) is 0 Å². The molecule has 0 bridgehead atoms. The predicted molar refractivity (Wildman–Crippen MR) is 139 cm³/mol. The van der Waals surface area contributed by atoms with E-state index in [0.717, 1.165) is 11.1 Å². The Hall–Kier alpha value is -3.30. The van der Waals surface area contributed by atoms with Crippen molar-refractivity contribution >= 4 is 0 Å². The van der Waals surface area contributed by atoms with E-state index in [9.17, 15) is 15.3 Å². The molecule has 8 heteroatoms. The lowest BCUT2D eigenvalue weighted by molar-refractivity contribution is 0.174. The summed E-state index contributed by atoms with van der Waals surface area (Å²) in [5, 5.41) is 32.4. The summed E-state index contributed by atoms with van der Waals surface area (Å²) in [5.74, 6) is 1.07. The molecular weight excluding hydrogens is 476 g/mol. The Morgan fingerprint density at radius 2 is 0.757 bits per heavy atom. The number of rotatable bonds is 13. The average molecular weight is 513 g/mol. The largest absolute Gasteiger partial charge is 0.507 e. The van der Waals surface area contributed by atoms with Gasteiger partial charge in [0, 0.05) is 74.7 Å². The minimum Gasteiger partial charge on any atom is -0.507 e. The van der Waals surface area contributed by atoms with Gasteiger partial charge < -0.3 is 39.0 Å². The Labute approximate surface area is 218 Å². The highest BCUT2D eigenvalue weighted by molar-refractivity contribution is 5.53. The summed E-state index contributed by atoms with van der Waals surface area (Å²) >= 11 is 0. The molecule has 0 spiro atoms. The van der Waals surface area contributed by atoms with Crippen LogP contribution in [0.2, 0.25) is 0 Å². The molecule has 0 saturated heterocycles. The summed E-state index contributed by atoms with van der Waals surface area (Å²) in [6, 6.07) is 11.1. The molecule has 3 aromatic rings. The molecular formula is C29H36O8. The Kier molecular flexibility index (Phi) is 10.2. The van der Waals surface area contributed by atoms with Gasteiger partial charge in [-0.1, -0.05) is 0 Å². The lowest BCUT2D eigenvalue weighted by atomic mass is 9.94. The molecule has 0 aliphatic heterocycles. The second-order valence-electron chi connectivity index (χ2n) is 8.91. The number of benzene rings is 3. The Balaban J connectivity index is 2.02. The molecule has 0 aromatic heterocycles. The summed E-state index contributed by atoms with van der Waals surface area (Å²) in [5.41, 5.74) is 5.73. The molecule has 0 saturated carbocycles. The minimum absolute atomic E-state index is 0.147.